The van der Waals surface area contributed by atoms with Crippen LogP contribution in [0.4, 0.5) is 0 Å². The third-order valence-corrected chi connectivity index (χ3v) is 3.54. The Kier molecular flexibility index (Phi) is 5.04. The second-order valence-corrected chi connectivity index (χ2v) is 5.13. The molecule has 0 radical (unpaired) electrons. The summed E-state index contributed by atoms with van der Waals surface area (Å²) in [6.07, 6.45) is 0.902. The molecular weight excluding hydrogens is 280 g/mol. The van der Waals surface area contributed by atoms with Gasteiger partial charge >= 0.3 is 0 Å². The van der Waals surface area contributed by atoms with Crippen LogP contribution in [-0.4, -0.2) is 25.1 Å². The smallest absolute Gasteiger partial charge is 0.166 e. The molecule has 2 aromatic rings. The Morgan fingerprint density at radius 1 is 1.05 bits per heavy atom. The highest BCUT2D eigenvalue weighted by Crippen LogP contribution is 2.28. The fourth-order valence-electron chi connectivity index (χ4n) is 2.30. The number of methoxy groups -OCH3 is 2. The van der Waals surface area contributed by atoms with Crippen molar-refractivity contribution in [3.8, 4) is 17.2 Å². The normalized spacial score (nSPS) is 10.3. The van der Waals surface area contributed by atoms with Crippen LogP contribution in [0.15, 0.2) is 36.4 Å². The van der Waals surface area contributed by atoms with Gasteiger partial charge in [-0.3, -0.25) is 4.79 Å². The predicted octanol–water partition coefficient (Wildman–Crippen LogP) is 3.53. The van der Waals surface area contributed by atoms with Gasteiger partial charge in [-0.2, -0.15) is 0 Å². The lowest BCUT2D eigenvalue weighted by molar-refractivity contribution is 0.0980. The molecule has 4 nitrogen and oxygen atoms in total. The van der Waals surface area contributed by atoms with Crippen LogP contribution < -0.4 is 9.47 Å². The minimum atomic E-state index is -0.0732. The van der Waals surface area contributed by atoms with Crippen LogP contribution >= 0.6 is 0 Å². The molecule has 0 fully saturated rings. The van der Waals surface area contributed by atoms with E-state index < -0.39 is 0 Å². The number of ketones is 1. The number of ether oxygens (including phenoxy) is 2. The number of hydrogen-bond donors (Lipinski definition) is 1. The summed E-state index contributed by atoms with van der Waals surface area (Å²) in [6, 6.07) is 10.6. The maximum atomic E-state index is 12.3. The summed E-state index contributed by atoms with van der Waals surface area (Å²) in [5.41, 5.74) is 2.31. The maximum absolute atomic E-state index is 12.3. The third kappa shape index (κ3) is 3.58. The van der Waals surface area contributed by atoms with Crippen molar-refractivity contribution in [1.29, 1.82) is 0 Å². The first-order valence-corrected chi connectivity index (χ1v) is 7.09. The lowest BCUT2D eigenvalue weighted by Crippen LogP contribution is -2.02. The number of benzene rings is 2. The van der Waals surface area contributed by atoms with Gasteiger partial charge in [0.25, 0.3) is 0 Å². The van der Waals surface area contributed by atoms with Crippen LogP contribution in [0.2, 0.25) is 0 Å². The molecule has 0 aromatic heterocycles. The standard InChI is InChI=1S/C18H20O4/c1-12-4-7-15(19)14(10-12)16(20)8-5-13-6-9-17(21-2)18(11-13)22-3/h4,6-7,9-11,19H,5,8H2,1-3H3. The number of rotatable bonds is 6. The monoisotopic (exact) mass is 300 g/mol. The van der Waals surface area contributed by atoms with Crippen molar-refractivity contribution in [3.63, 3.8) is 0 Å². The zero-order valence-corrected chi connectivity index (χ0v) is 13.1. The minimum absolute atomic E-state index is 0.0305. The molecule has 1 N–H and O–H groups in total. The molecule has 2 rings (SSSR count). The minimum Gasteiger partial charge on any atom is -0.507 e. The zero-order chi connectivity index (χ0) is 16.1. The average molecular weight is 300 g/mol. The van der Waals surface area contributed by atoms with Crippen LogP contribution in [0.1, 0.15) is 27.9 Å². The van der Waals surface area contributed by atoms with Crippen molar-refractivity contribution in [2.75, 3.05) is 14.2 Å². The highest BCUT2D eigenvalue weighted by molar-refractivity contribution is 5.98. The van der Waals surface area contributed by atoms with E-state index in [0.29, 0.717) is 29.9 Å². The van der Waals surface area contributed by atoms with Gasteiger partial charge in [0.2, 0.25) is 0 Å². The highest BCUT2D eigenvalue weighted by Gasteiger charge is 2.12. The Bertz CT molecular complexity index is 677. The molecule has 0 aliphatic heterocycles. The van der Waals surface area contributed by atoms with Gasteiger partial charge in [-0.05, 0) is 43.2 Å². The van der Waals surface area contributed by atoms with Gasteiger partial charge in [0.15, 0.2) is 17.3 Å². The molecule has 22 heavy (non-hydrogen) atoms. The number of aromatic hydroxyl groups is 1. The van der Waals surface area contributed by atoms with Crippen LogP contribution in [0.5, 0.6) is 17.2 Å². The molecule has 0 heterocycles. The molecule has 4 heteroatoms. The first-order chi connectivity index (χ1) is 10.5. The van der Waals surface area contributed by atoms with E-state index in [1.165, 1.54) is 0 Å². The molecule has 0 saturated heterocycles. The molecule has 0 spiro atoms. The van der Waals surface area contributed by atoms with E-state index in [0.717, 1.165) is 11.1 Å². The number of carbonyl (C=O) groups is 1. The second-order valence-electron chi connectivity index (χ2n) is 5.13. The van der Waals surface area contributed by atoms with Crippen molar-refractivity contribution in [2.45, 2.75) is 19.8 Å². The zero-order valence-electron chi connectivity index (χ0n) is 13.1. The number of Topliss-reactive ketones (excluding diaryl/α,β-unsaturated/α-hetero) is 1. The van der Waals surface area contributed by atoms with E-state index in [9.17, 15) is 9.90 Å². The molecule has 116 valence electrons. The van der Waals surface area contributed by atoms with Crippen molar-refractivity contribution >= 4 is 5.78 Å². The molecule has 0 unspecified atom stereocenters. The Morgan fingerprint density at radius 2 is 1.77 bits per heavy atom. The predicted molar refractivity (Wildman–Crippen MR) is 85.0 cm³/mol. The fourth-order valence-corrected chi connectivity index (χ4v) is 2.30. The summed E-state index contributed by atoms with van der Waals surface area (Å²) >= 11 is 0. The Morgan fingerprint density at radius 3 is 2.45 bits per heavy atom. The summed E-state index contributed by atoms with van der Waals surface area (Å²) in [4.78, 5) is 12.3. The SMILES string of the molecule is COc1ccc(CCC(=O)c2cc(C)ccc2O)cc1OC. The summed E-state index contributed by atoms with van der Waals surface area (Å²) in [6.45, 7) is 1.89. The van der Waals surface area contributed by atoms with Crippen molar-refractivity contribution in [3.05, 3.63) is 53.1 Å². The first-order valence-electron chi connectivity index (χ1n) is 7.09. The molecule has 0 bridgehead atoms. The van der Waals surface area contributed by atoms with Crippen molar-refractivity contribution in [1.82, 2.24) is 0 Å². The molecular formula is C18H20O4. The van der Waals surface area contributed by atoms with Crippen LogP contribution in [0.25, 0.3) is 0 Å². The second kappa shape index (κ2) is 6.98. The highest BCUT2D eigenvalue weighted by atomic mass is 16.5. The fraction of sp³-hybridized carbons (Fsp3) is 0.278. The number of carbonyl (C=O) groups excluding carboxylic acids is 1. The van der Waals surface area contributed by atoms with E-state index >= 15 is 0 Å². The topological polar surface area (TPSA) is 55.8 Å². The van der Waals surface area contributed by atoms with Crippen LogP contribution in [0.3, 0.4) is 0 Å². The van der Waals surface area contributed by atoms with E-state index in [-0.39, 0.29) is 11.5 Å². The lowest BCUT2D eigenvalue weighted by Gasteiger charge is -2.10. The van der Waals surface area contributed by atoms with Crippen molar-refractivity contribution in [2.24, 2.45) is 0 Å². The third-order valence-electron chi connectivity index (χ3n) is 3.54. The Labute approximate surface area is 130 Å². The molecule has 0 atom stereocenters. The lowest BCUT2D eigenvalue weighted by atomic mass is 10.0. The van der Waals surface area contributed by atoms with E-state index in [2.05, 4.69) is 0 Å². The van der Waals surface area contributed by atoms with Gasteiger partial charge in [0, 0.05) is 6.42 Å². The van der Waals surface area contributed by atoms with Crippen molar-refractivity contribution < 1.29 is 19.4 Å². The number of hydrogen-bond acceptors (Lipinski definition) is 4. The summed E-state index contributed by atoms with van der Waals surface area (Å²) in [5, 5.41) is 9.80. The van der Waals surface area contributed by atoms with E-state index in [1.807, 2.05) is 25.1 Å². The summed E-state index contributed by atoms with van der Waals surface area (Å²) in [7, 11) is 3.17. The number of phenols is 1. The Balaban J connectivity index is 2.09. The summed E-state index contributed by atoms with van der Waals surface area (Å²) in [5.74, 6) is 1.26. The average Bonchev–Trinajstić information content (AvgIpc) is 2.54. The first kappa shape index (κ1) is 15.9. The van der Waals surface area contributed by atoms with E-state index in [1.54, 1.807) is 32.4 Å². The quantitative estimate of drug-likeness (QED) is 0.829. The molecule has 0 amide bonds. The largest absolute Gasteiger partial charge is 0.507 e. The van der Waals surface area contributed by atoms with Crippen LogP contribution in [0, 0.1) is 6.92 Å². The van der Waals surface area contributed by atoms with Gasteiger partial charge in [-0.25, -0.2) is 0 Å². The molecule has 0 aliphatic rings. The summed E-state index contributed by atoms with van der Waals surface area (Å²) < 4.78 is 10.4. The van der Waals surface area contributed by atoms with Crippen LogP contribution in [-0.2, 0) is 6.42 Å². The van der Waals surface area contributed by atoms with Gasteiger partial charge in [-0.15, -0.1) is 0 Å². The van der Waals surface area contributed by atoms with Gasteiger partial charge in [0.05, 0.1) is 19.8 Å². The van der Waals surface area contributed by atoms with E-state index in [4.69, 9.17) is 9.47 Å². The number of aryl methyl sites for hydroxylation is 2. The maximum Gasteiger partial charge on any atom is 0.166 e. The van der Waals surface area contributed by atoms with Gasteiger partial charge < -0.3 is 14.6 Å². The van der Waals surface area contributed by atoms with Gasteiger partial charge in [0.1, 0.15) is 5.75 Å². The molecule has 0 aliphatic carbocycles. The Hall–Kier alpha value is -2.49. The molecule has 0 saturated carbocycles. The number of phenolic OH excluding ortho intramolecular Hbond substituents is 1. The molecule has 2 aromatic carbocycles. The van der Waals surface area contributed by atoms with Gasteiger partial charge in [-0.1, -0.05) is 17.7 Å².